The molecule has 0 radical (unpaired) electrons. The largest absolute Gasteiger partial charge is 0.450 e. The third-order valence-corrected chi connectivity index (χ3v) is 9.72. The van der Waals surface area contributed by atoms with Crippen LogP contribution >= 0.6 is 31.9 Å². The number of nitrogen functional groups attached to an aromatic ring is 1. The maximum Gasteiger partial charge on any atom is 0.415 e. The van der Waals surface area contributed by atoms with Gasteiger partial charge in [-0.25, -0.2) is 28.0 Å². The van der Waals surface area contributed by atoms with Gasteiger partial charge in [-0.15, -0.1) is 0 Å². The Labute approximate surface area is 402 Å². The molecule has 1 aliphatic rings. The number of ether oxygens (including phenoxy) is 5. The van der Waals surface area contributed by atoms with Crippen molar-refractivity contribution in [1.29, 1.82) is 0 Å². The van der Waals surface area contributed by atoms with Crippen LogP contribution < -0.4 is 31.9 Å². The smallest absolute Gasteiger partial charge is 0.415 e. The summed E-state index contributed by atoms with van der Waals surface area (Å²) in [7, 11) is 0. The van der Waals surface area contributed by atoms with E-state index in [-0.39, 0.29) is 48.2 Å². The van der Waals surface area contributed by atoms with Crippen LogP contribution in [0.4, 0.5) is 62.1 Å². The molecule has 1 saturated heterocycles. The number of carbonyl (C=O) groups is 4. The maximum atomic E-state index is 16.1. The molecule has 1 atom stereocenters. The zero-order chi connectivity index (χ0) is 49.2. The molecule has 0 spiro atoms. The van der Waals surface area contributed by atoms with Crippen molar-refractivity contribution in [2.45, 2.75) is 106 Å². The van der Waals surface area contributed by atoms with Crippen molar-refractivity contribution < 1.29 is 51.6 Å². The molecular formula is C47H60Br2F2N6O9. The van der Waals surface area contributed by atoms with Gasteiger partial charge in [0.25, 0.3) is 0 Å². The van der Waals surface area contributed by atoms with Crippen LogP contribution in [0, 0.1) is 11.6 Å². The number of benzene rings is 4. The molecule has 1 unspecified atom stereocenters. The fraction of sp³-hybridized carbons (Fsp3) is 0.404. The second-order valence-corrected chi connectivity index (χ2v) is 18.4. The zero-order valence-corrected chi connectivity index (χ0v) is 41.8. The molecule has 0 bridgehead atoms. The molecule has 0 aromatic heterocycles. The highest BCUT2D eigenvalue weighted by atomic mass is 79.9. The Morgan fingerprint density at radius 1 is 0.712 bits per heavy atom. The highest BCUT2D eigenvalue weighted by Gasteiger charge is 2.29. The lowest BCUT2D eigenvalue weighted by Crippen LogP contribution is -2.37. The van der Waals surface area contributed by atoms with Crippen LogP contribution in [0.15, 0.2) is 81.7 Å². The molecule has 360 valence electrons. The lowest BCUT2D eigenvalue weighted by atomic mass is 10.1. The van der Waals surface area contributed by atoms with Crippen LogP contribution in [-0.4, -0.2) is 61.5 Å². The van der Waals surface area contributed by atoms with E-state index in [1.165, 1.54) is 37.1 Å². The summed E-state index contributed by atoms with van der Waals surface area (Å²) in [5, 5.41) is 10.1. The lowest BCUT2D eigenvalue weighted by molar-refractivity contribution is 0.0575. The molecule has 4 aromatic carbocycles. The van der Waals surface area contributed by atoms with E-state index in [1.54, 1.807) is 79.7 Å². The highest BCUT2D eigenvalue weighted by Crippen LogP contribution is 2.35. The van der Waals surface area contributed by atoms with Crippen LogP contribution in [0.2, 0.25) is 0 Å². The Kier molecular flexibility index (Phi) is 21.4. The molecule has 4 amide bonds. The summed E-state index contributed by atoms with van der Waals surface area (Å²) in [6.07, 6.45) is -0.197. The number of halogens is 4. The summed E-state index contributed by atoms with van der Waals surface area (Å²) >= 11 is 6.73. The number of nitrogens with one attached hydrogen (secondary N) is 4. The molecule has 6 N–H and O–H groups in total. The van der Waals surface area contributed by atoms with E-state index in [1.807, 2.05) is 24.3 Å². The van der Waals surface area contributed by atoms with Crippen LogP contribution in [0.3, 0.4) is 0 Å². The molecule has 1 heterocycles. The molecule has 0 saturated carbocycles. The van der Waals surface area contributed by atoms with Gasteiger partial charge in [0.05, 0.1) is 54.3 Å². The number of nitrogens with two attached hydrogens (primary N) is 1. The van der Waals surface area contributed by atoms with Gasteiger partial charge in [0, 0.05) is 22.1 Å². The molecule has 5 rings (SSSR count). The van der Waals surface area contributed by atoms with E-state index in [4.69, 9.17) is 29.4 Å². The first kappa shape index (κ1) is 54.7. The topological polar surface area (TPSA) is 192 Å². The van der Waals surface area contributed by atoms with E-state index in [9.17, 15) is 23.6 Å². The first-order chi connectivity index (χ1) is 31.0. The third-order valence-electron chi connectivity index (χ3n) is 8.66. The first-order valence-corrected chi connectivity index (χ1v) is 22.7. The van der Waals surface area contributed by atoms with Gasteiger partial charge in [0.1, 0.15) is 16.9 Å². The van der Waals surface area contributed by atoms with Gasteiger partial charge in [0.2, 0.25) is 0 Å². The van der Waals surface area contributed by atoms with Crippen molar-refractivity contribution in [2.24, 2.45) is 0 Å². The fourth-order valence-corrected chi connectivity index (χ4v) is 6.20. The van der Waals surface area contributed by atoms with Crippen molar-refractivity contribution in [3.8, 4) is 0 Å². The van der Waals surface area contributed by atoms with Gasteiger partial charge < -0.3 is 34.7 Å². The van der Waals surface area contributed by atoms with Gasteiger partial charge in [-0.2, -0.15) is 0 Å². The van der Waals surface area contributed by atoms with Crippen molar-refractivity contribution in [3.63, 3.8) is 0 Å². The standard InChI is InChI=1S/C26H33BrFN3O6.C16H17BrFN3O2.C5H10O/c1-8-35-22(32)29-18-13-14-19(20(28)21(18)30-23(33)36-25(2,3)4)31(24(34)37-26(5,6)7)15-16-9-11-17(27)12-10-16;1-2-23-16(22)21-13-8-7-12(14(18)15(13)19)20-9-10-3-5-11(17)6-4-10;1-5-3-2-4-6-5/h9-14H,8,15H2,1-7H3,(H,29,32)(H,30,33);3-8,20H,2,9,19H2,1H3,(H,21,22);5H,2-4H2,1H3. The molecule has 4 aromatic rings. The Morgan fingerprint density at radius 3 is 1.71 bits per heavy atom. The SMILES string of the molecule is CC1CCCO1.CCOC(=O)Nc1ccc(N(Cc2ccc(Br)cc2)C(=O)OC(C)(C)C)c(F)c1NC(=O)OC(C)(C)C.CCOC(=O)Nc1ccc(NCc2ccc(Br)cc2)c(F)c1N. The van der Waals surface area contributed by atoms with Gasteiger partial charge in [-0.3, -0.25) is 20.9 Å². The average Bonchev–Trinajstić information content (AvgIpc) is 3.71. The van der Waals surface area contributed by atoms with Crippen LogP contribution in [0.5, 0.6) is 0 Å². The minimum Gasteiger partial charge on any atom is -0.450 e. The predicted molar refractivity (Wildman–Crippen MR) is 261 cm³/mol. The van der Waals surface area contributed by atoms with E-state index >= 15 is 4.39 Å². The molecule has 1 aliphatic heterocycles. The Hall–Kier alpha value is -5.66. The minimum absolute atomic E-state index is 0.0321. The molecular weight excluding hydrogens is 990 g/mol. The number of nitrogens with zero attached hydrogens (tertiary/aromatic N) is 1. The Morgan fingerprint density at radius 2 is 1.23 bits per heavy atom. The first-order valence-electron chi connectivity index (χ1n) is 21.1. The average molecular weight is 1050 g/mol. The normalized spacial score (nSPS) is 13.1. The fourth-order valence-electron chi connectivity index (χ4n) is 5.67. The number of hydrogen-bond donors (Lipinski definition) is 5. The molecule has 66 heavy (non-hydrogen) atoms. The highest BCUT2D eigenvalue weighted by molar-refractivity contribution is 9.10. The predicted octanol–water partition coefficient (Wildman–Crippen LogP) is 13.0. The summed E-state index contributed by atoms with van der Waals surface area (Å²) in [6.45, 7) is 17.2. The number of amides is 4. The molecule has 19 heteroatoms. The maximum absolute atomic E-state index is 16.1. The quantitative estimate of drug-likeness (QED) is 0.0709. The van der Waals surface area contributed by atoms with Crippen molar-refractivity contribution in [2.75, 3.05) is 51.7 Å². The zero-order valence-electron chi connectivity index (χ0n) is 38.7. The Balaban J connectivity index is 0.000000335. The second kappa shape index (κ2) is 25.9. The summed E-state index contributed by atoms with van der Waals surface area (Å²) in [4.78, 5) is 50.2. The minimum atomic E-state index is -0.983. The summed E-state index contributed by atoms with van der Waals surface area (Å²) in [6, 6.07) is 20.5. The van der Waals surface area contributed by atoms with Crippen LogP contribution in [0.25, 0.3) is 0 Å². The monoisotopic (exact) mass is 1050 g/mol. The van der Waals surface area contributed by atoms with Crippen molar-refractivity contribution in [1.82, 2.24) is 0 Å². The van der Waals surface area contributed by atoms with E-state index < -0.39 is 52.9 Å². The number of carbonyl (C=O) groups excluding carboxylic acids is 4. The van der Waals surface area contributed by atoms with Crippen molar-refractivity contribution >= 4 is 90.4 Å². The van der Waals surface area contributed by atoms with Crippen LogP contribution in [0.1, 0.15) is 86.3 Å². The van der Waals surface area contributed by atoms with E-state index in [0.29, 0.717) is 18.2 Å². The second-order valence-electron chi connectivity index (χ2n) is 16.5. The van der Waals surface area contributed by atoms with Gasteiger partial charge >= 0.3 is 24.4 Å². The number of anilines is 6. The summed E-state index contributed by atoms with van der Waals surface area (Å²) in [5.41, 5.74) is 5.34. The van der Waals surface area contributed by atoms with Gasteiger partial charge in [-0.1, -0.05) is 56.1 Å². The number of rotatable bonds is 11. The summed E-state index contributed by atoms with van der Waals surface area (Å²) in [5.74, 6) is -1.60. The molecule has 15 nitrogen and oxygen atoms in total. The van der Waals surface area contributed by atoms with Gasteiger partial charge in [-0.05, 0) is 135 Å². The van der Waals surface area contributed by atoms with Crippen molar-refractivity contribution in [3.05, 3.63) is 105 Å². The van der Waals surface area contributed by atoms with Gasteiger partial charge in [0.15, 0.2) is 11.6 Å². The molecule has 1 fully saturated rings. The van der Waals surface area contributed by atoms with E-state index in [0.717, 1.165) is 26.0 Å². The van der Waals surface area contributed by atoms with E-state index in [2.05, 4.69) is 60.1 Å². The summed E-state index contributed by atoms with van der Waals surface area (Å²) < 4.78 is 57.7. The third kappa shape index (κ3) is 19.1. The van der Waals surface area contributed by atoms with Crippen LogP contribution in [-0.2, 0) is 36.8 Å². The molecule has 0 aliphatic carbocycles. The number of hydrogen-bond acceptors (Lipinski definition) is 11. The lowest BCUT2D eigenvalue weighted by Gasteiger charge is -2.29. The Bertz CT molecular complexity index is 2230.